The fraction of sp³-hybridized carbons (Fsp3) is 0.222. The molecule has 0 spiro atoms. The highest BCUT2D eigenvalue weighted by atomic mass is 35.5. The molecule has 7 heteroatoms. The predicted octanol–water partition coefficient (Wildman–Crippen LogP) is 3.51. The molecule has 0 radical (unpaired) electrons. The van der Waals surface area contributed by atoms with Crippen molar-refractivity contribution in [2.75, 3.05) is 0 Å². The zero-order valence-electron chi connectivity index (χ0n) is 14.2. The molecule has 3 heterocycles. The van der Waals surface area contributed by atoms with E-state index in [9.17, 15) is 4.79 Å². The number of carbonyl (C=O) groups excluding carboxylic acids is 1. The summed E-state index contributed by atoms with van der Waals surface area (Å²) in [5, 5.41) is 7.88. The second kappa shape index (κ2) is 6.64. The molecule has 25 heavy (non-hydrogen) atoms. The zero-order chi connectivity index (χ0) is 18.0. The average Bonchev–Trinajstić information content (AvgIpc) is 3.00. The number of hydrogen-bond donors (Lipinski definition) is 1. The summed E-state index contributed by atoms with van der Waals surface area (Å²) in [4.78, 5) is 21.1. The Labute approximate surface area is 150 Å². The summed E-state index contributed by atoms with van der Waals surface area (Å²) in [6.45, 7) is 5.76. The Balaban J connectivity index is 2.09. The van der Waals surface area contributed by atoms with Crippen molar-refractivity contribution in [2.45, 2.75) is 26.3 Å². The Kier molecular flexibility index (Phi) is 4.55. The summed E-state index contributed by atoms with van der Waals surface area (Å²) in [5.41, 5.74) is 1.25. The van der Waals surface area contributed by atoms with E-state index in [-0.39, 0.29) is 11.4 Å². The van der Waals surface area contributed by atoms with Crippen molar-refractivity contribution in [1.82, 2.24) is 25.1 Å². The van der Waals surface area contributed by atoms with Crippen LogP contribution >= 0.6 is 11.6 Å². The topological polar surface area (TPSA) is 72.7 Å². The fourth-order valence-corrected chi connectivity index (χ4v) is 2.37. The largest absolute Gasteiger partial charge is 0.346 e. The molecule has 1 N–H and O–H groups in total. The molecule has 0 saturated carbocycles. The van der Waals surface area contributed by atoms with Crippen LogP contribution in [0.1, 0.15) is 31.3 Å². The van der Waals surface area contributed by atoms with Gasteiger partial charge in [-0.1, -0.05) is 17.7 Å². The van der Waals surface area contributed by atoms with Crippen LogP contribution in [0.25, 0.3) is 17.2 Å². The summed E-state index contributed by atoms with van der Waals surface area (Å²) in [5.74, 6) is 0.349. The van der Waals surface area contributed by atoms with Gasteiger partial charge in [-0.15, -0.1) is 0 Å². The Bertz CT molecular complexity index is 882. The molecule has 128 valence electrons. The molecule has 0 atom stereocenters. The van der Waals surface area contributed by atoms with Crippen molar-refractivity contribution in [3.8, 4) is 17.2 Å². The van der Waals surface area contributed by atoms with Crippen molar-refractivity contribution >= 4 is 17.5 Å². The lowest BCUT2D eigenvalue weighted by atomic mass is 10.1. The SMILES string of the molecule is CC(C)(C)NC(=O)c1cc(-c2ccc(Cl)cn2)n(-c2ccccn2)n1. The molecule has 3 aromatic rings. The van der Waals surface area contributed by atoms with Crippen LogP contribution in [0.2, 0.25) is 5.02 Å². The number of pyridine rings is 2. The van der Waals surface area contributed by atoms with Crippen molar-refractivity contribution in [3.63, 3.8) is 0 Å². The summed E-state index contributed by atoms with van der Waals surface area (Å²) in [7, 11) is 0. The molecule has 1 amide bonds. The summed E-state index contributed by atoms with van der Waals surface area (Å²) in [6.07, 6.45) is 3.23. The van der Waals surface area contributed by atoms with Gasteiger partial charge in [0.05, 0.1) is 16.4 Å². The molecule has 0 bridgehead atoms. The van der Waals surface area contributed by atoms with Crippen LogP contribution in [0.5, 0.6) is 0 Å². The molecule has 3 rings (SSSR count). The number of hydrogen-bond acceptors (Lipinski definition) is 4. The summed E-state index contributed by atoms with van der Waals surface area (Å²) < 4.78 is 1.60. The highest BCUT2D eigenvalue weighted by Crippen LogP contribution is 2.23. The van der Waals surface area contributed by atoms with Crippen molar-refractivity contribution < 1.29 is 4.79 Å². The maximum atomic E-state index is 12.5. The van der Waals surface area contributed by atoms with E-state index in [1.807, 2.05) is 39.0 Å². The average molecular weight is 356 g/mol. The van der Waals surface area contributed by atoms with Gasteiger partial charge in [-0.3, -0.25) is 9.78 Å². The molecule has 0 aliphatic heterocycles. The first-order chi connectivity index (χ1) is 11.8. The predicted molar refractivity (Wildman–Crippen MR) is 96.8 cm³/mol. The molecular weight excluding hydrogens is 338 g/mol. The Hall–Kier alpha value is -2.73. The van der Waals surface area contributed by atoms with Crippen LogP contribution in [0.15, 0.2) is 48.8 Å². The van der Waals surface area contributed by atoms with E-state index in [0.717, 1.165) is 0 Å². The Morgan fingerprint density at radius 2 is 1.96 bits per heavy atom. The third-order valence-corrected chi connectivity index (χ3v) is 3.51. The van der Waals surface area contributed by atoms with Gasteiger partial charge in [-0.05, 0) is 51.1 Å². The van der Waals surface area contributed by atoms with Crippen molar-refractivity contribution in [2.24, 2.45) is 0 Å². The fourth-order valence-electron chi connectivity index (χ4n) is 2.26. The molecule has 0 unspecified atom stereocenters. The third kappa shape index (κ3) is 4.03. The third-order valence-electron chi connectivity index (χ3n) is 3.29. The molecule has 0 aromatic carbocycles. The lowest BCUT2D eigenvalue weighted by molar-refractivity contribution is 0.0914. The van der Waals surface area contributed by atoms with Gasteiger partial charge in [0, 0.05) is 17.9 Å². The Morgan fingerprint density at radius 3 is 2.56 bits per heavy atom. The summed E-state index contributed by atoms with van der Waals surface area (Å²) >= 11 is 5.92. The van der Waals surface area contributed by atoms with Crippen molar-refractivity contribution in [3.05, 3.63) is 59.5 Å². The lowest BCUT2D eigenvalue weighted by Crippen LogP contribution is -2.40. The van der Waals surface area contributed by atoms with Gasteiger partial charge in [0.15, 0.2) is 11.5 Å². The molecule has 6 nitrogen and oxygen atoms in total. The standard InChI is InChI=1S/C18H18ClN5O/c1-18(2,3)22-17(25)14-10-15(13-8-7-12(19)11-21-13)24(23-14)16-6-4-5-9-20-16/h4-11H,1-3H3,(H,22,25). The number of nitrogens with one attached hydrogen (secondary N) is 1. The minimum atomic E-state index is -0.357. The van der Waals surface area contributed by atoms with Crippen LogP contribution < -0.4 is 5.32 Å². The first kappa shape index (κ1) is 17.1. The van der Waals surface area contributed by atoms with E-state index in [1.54, 1.807) is 35.3 Å². The molecule has 3 aromatic heterocycles. The minimum absolute atomic E-state index is 0.252. The second-order valence-corrected chi connectivity index (χ2v) is 7.02. The number of aromatic nitrogens is 4. The quantitative estimate of drug-likeness (QED) is 0.780. The highest BCUT2D eigenvalue weighted by molar-refractivity contribution is 6.30. The van der Waals surface area contributed by atoms with Gasteiger partial charge in [0.25, 0.3) is 5.91 Å². The smallest absolute Gasteiger partial charge is 0.272 e. The number of halogens is 1. The number of amides is 1. The number of rotatable bonds is 3. The lowest BCUT2D eigenvalue weighted by Gasteiger charge is -2.19. The van der Waals surface area contributed by atoms with Gasteiger partial charge in [-0.2, -0.15) is 5.10 Å². The first-order valence-corrected chi connectivity index (χ1v) is 8.17. The maximum absolute atomic E-state index is 12.5. The molecule has 0 saturated heterocycles. The first-order valence-electron chi connectivity index (χ1n) is 7.79. The molecule has 0 aliphatic rings. The Morgan fingerprint density at radius 1 is 1.16 bits per heavy atom. The summed E-state index contributed by atoms with van der Waals surface area (Å²) in [6, 6.07) is 10.7. The van der Waals surface area contributed by atoms with Crippen LogP contribution in [0.4, 0.5) is 0 Å². The van der Waals surface area contributed by atoms with Crippen LogP contribution in [0, 0.1) is 0 Å². The van der Waals surface area contributed by atoms with E-state index in [1.165, 1.54) is 0 Å². The minimum Gasteiger partial charge on any atom is -0.346 e. The van der Waals surface area contributed by atoms with Gasteiger partial charge >= 0.3 is 0 Å². The number of nitrogens with zero attached hydrogens (tertiary/aromatic N) is 4. The van der Waals surface area contributed by atoms with Gasteiger partial charge in [0.2, 0.25) is 0 Å². The van der Waals surface area contributed by atoms with E-state index in [0.29, 0.717) is 27.9 Å². The van der Waals surface area contributed by atoms with Crippen LogP contribution in [-0.2, 0) is 0 Å². The van der Waals surface area contributed by atoms with E-state index in [2.05, 4.69) is 20.4 Å². The monoisotopic (exact) mass is 355 g/mol. The van der Waals surface area contributed by atoms with Crippen molar-refractivity contribution in [1.29, 1.82) is 0 Å². The molecule has 0 fully saturated rings. The number of carbonyl (C=O) groups is 1. The van der Waals surface area contributed by atoms with E-state index in [4.69, 9.17) is 11.6 Å². The van der Waals surface area contributed by atoms with E-state index >= 15 is 0 Å². The van der Waals surface area contributed by atoms with Crippen LogP contribution in [-0.4, -0.2) is 31.2 Å². The maximum Gasteiger partial charge on any atom is 0.272 e. The molecule has 0 aliphatic carbocycles. The van der Waals surface area contributed by atoms with Gasteiger partial charge < -0.3 is 5.32 Å². The second-order valence-electron chi connectivity index (χ2n) is 6.58. The van der Waals surface area contributed by atoms with Crippen LogP contribution in [0.3, 0.4) is 0 Å². The molecular formula is C18H18ClN5O. The van der Waals surface area contributed by atoms with E-state index < -0.39 is 0 Å². The van der Waals surface area contributed by atoms with Gasteiger partial charge in [0.1, 0.15) is 0 Å². The zero-order valence-corrected chi connectivity index (χ0v) is 14.9. The highest BCUT2D eigenvalue weighted by Gasteiger charge is 2.21. The normalized spacial score (nSPS) is 11.4. The van der Waals surface area contributed by atoms with Gasteiger partial charge in [-0.25, -0.2) is 9.67 Å².